The predicted molar refractivity (Wildman–Crippen MR) is 248 cm³/mol. The summed E-state index contributed by atoms with van der Waals surface area (Å²) in [4.78, 5) is 15.6. The Kier molecular flexibility index (Phi) is 7.21. The highest BCUT2D eigenvalue weighted by molar-refractivity contribution is 6.17. The Hall–Kier alpha value is -8.35. The minimum Gasteiger partial charge on any atom is -0.455 e. The van der Waals surface area contributed by atoms with E-state index in [0.717, 1.165) is 88.1 Å². The van der Waals surface area contributed by atoms with Crippen molar-refractivity contribution in [3.63, 3.8) is 0 Å². The molecular formula is C55H32N4O2. The molecule has 4 aromatic heterocycles. The average molecular weight is 781 g/mol. The number of hydrogen-bond acceptors (Lipinski definition) is 5. The molecule has 13 rings (SSSR count). The number of aromatic nitrogens is 4. The van der Waals surface area contributed by atoms with Crippen molar-refractivity contribution in [2.24, 2.45) is 0 Å². The summed E-state index contributed by atoms with van der Waals surface area (Å²) in [5.41, 5.74) is 11.2. The third kappa shape index (κ3) is 5.19. The number of rotatable bonds is 5. The standard InChI is InChI=1S/C55H32N4O2/c1-2-15-37(16-3-1)59-46-24-8-6-17-39(46)40-30-29-35(32-47(40)59)38-19-12-26-49-50(38)43-21-11-23-45(52(43)61-49)55-57-53(36-28-27-33-13-4-5-14-34(33)31-36)56-54(58-55)44-22-10-20-42-41-18-7-9-25-48(41)60-51(42)44/h1-32H. The molecule has 0 aliphatic heterocycles. The van der Waals surface area contributed by atoms with Gasteiger partial charge in [0.15, 0.2) is 17.5 Å². The van der Waals surface area contributed by atoms with Crippen LogP contribution >= 0.6 is 0 Å². The molecule has 9 aromatic carbocycles. The lowest BCUT2D eigenvalue weighted by Crippen LogP contribution is -2.00. The molecule has 0 unspecified atom stereocenters. The Morgan fingerprint density at radius 2 is 0.934 bits per heavy atom. The van der Waals surface area contributed by atoms with Crippen molar-refractivity contribution >= 4 is 76.5 Å². The van der Waals surface area contributed by atoms with Crippen molar-refractivity contribution in [1.29, 1.82) is 0 Å². The Bertz CT molecular complexity index is 3900. The van der Waals surface area contributed by atoms with Gasteiger partial charge in [0, 0.05) is 43.6 Å². The van der Waals surface area contributed by atoms with E-state index in [4.69, 9.17) is 23.8 Å². The molecule has 0 saturated carbocycles. The van der Waals surface area contributed by atoms with Crippen molar-refractivity contribution in [2.75, 3.05) is 0 Å². The van der Waals surface area contributed by atoms with Crippen molar-refractivity contribution < 1.29 is 8.83 Å². The van der Waals surface area contributed by atoms with Gasteiger partial charge in [-0.1, -0.05) is 140 Å². The first-order valence-corrected chi connectivity index (χ1v) is 20.4. The van der Waals surface area contributed by atoms with Gasteiger partial charge >= 0.3 is 0 Å². The molecule has 0 bridgehead atoms. The first kappa shape index (κ1) is 33.6. The van der Waals surface area contributed by atoms with Gasteiger partial charge in [-0.2, -0.15) is 0 Å². The fourth-order valence-corrected chi connectivity index (χ4v) is 9.26. The normalized spacial score (nSPS) is 11.9. The Morgan fingerprint density at radius 3 is 1.79 bits per heavy atom. The third-order valence-corrected chi connectivity index (χ3v) is 12.1. The van der Waals surface area contributed by atoms with E-state index >= 15 is 0 Å². The van der Waals surface area contributed by atoms with Crippen LogP contribution in [-0.2, 0) is 0 Å². The number of nitrogens with zero attached hydrogens (tertiary/aromatic N) is 4. The summed E-state index contributed by atoms with van der Waals surface area (Å²) < 4.78 is 15.7. The van der Waals surface area contributed by atoms with Gasteiger partial charge in [-0.25, -0.2) is 15.0 Å². The SMILES string of the molecule is c1ccc(-n2c3ccccc3c3ccc(-c4cccc5oc6c(-c7nc(-c8ccc9ccccc9c8)nc(-c8cccc9c8oc8ccccc89)n7)cccc6c45)cc32)cc1. The van der Waals surface area contributed by atoms with E-state index in [2.05, 4.69) is 156 Å². The van der Waals surface area contributed by atoms with Crippen LogP contribution in [0.2, 0.25) is 0 Å². The van der Waals surface area contributed by atoms with Gasteiger partial charge in [0.2, 0.25) is 0 Å². The molecule has 0 saturated heterocycles. The summed E-state index contributed by atoms with van der Waals surface area (Å²) >= 11 is 0. The molecule has 61 heavy (non-hydrogen) atoms. The Labute approximate surface area is 348 Å². The lowest BCUT2D eigenvalue weighted by atomic mass is 9.97. The summed E-state index contributed by atoms with van der Waals surface area (Å²) in [5, 5.41) is 8.77. The van der Waals surface area contributed by atoms with Crippen LogP contribution in [0, 0.1) is 0 Å². The topological polar surface area (TPSA) is 69.9 Å². The fraction of sp³-hybridized carbons (Fsp3) is 0. The molecule has 6 heteroatoms. The van der Waals surface area contributed by atoms with Gasteiger partial charge in [0.25, 0.3) is 0 Å². The van der Waals surface area contributed by atoms with Crippen LogP contribution in [0.15, 0.2) is 203 Å². The molecule has 0 radical (unpaired) electrons. The lowest BCUT2D eigenvalue weighted by molar-refractivity contribution is 0.669. The fourth-order valence-electron chi connectivity index (χ4n) is 9.26. The highest BCUT2D eigenvalue weighted by atomic mass is 16.3. The molecular weight excluding hydrogens is 749 g/mol. The zero-order chi connectivity index (χ0) is 40.0. The van der Waals surface area contributed by atoms with Crippen molar-refractivity contribution in [1.82, 2.24) is 19.5 Å². The van der Waals surface area contributed by atoms with Crippen LogP contribution in [0.3, 0.4) is 0 Å². The van der Waals surface area contributed by atoms with E-state index in [-0.39, 0.29) is 0 Å². The molecule has 284 valence electrons. The molecule has 0 spiro atoms. The Balaban J connectivity index is 1.03. The number of para-hydroxylation sites is 5. The van der Waals surface area contributed by atoms with Crippen LogP contribution in [-0.4, -0.2) is 19.5 Å². The van der Waals surface area contributed by atoms with E-state index < -0.39 is 0 Å². The van der Waals surface area contributed by atoms with Crippen molar-refractivity contribution in [3.05, 3.63) is 194 Å². The maximum atomic E-state index is 6.86. The molecule has 0 aliphatic carbocycles. The van der Waals surface area contributed by atoms with Crippen molar-refractivity contribution in [3.8, 4) is 51.0 Å². The summed E-state index contributed by atoms with van der Waals surface area (Å²) in [5.74, 6) is 1.60. The van der Waals surface area contributed by atoms with Gasteiger partial charge in [-0.15, -0.1) is 0 Å². The minimum atomic E-state index is 0.515. The second kappa shape index (κ2) is 13.1. The van der Waals surface area contributed by atoms with Crippen LogP contribution in [0.1, 0.15) is 0 Å². The van der Waals surface area contributed by atoms with E-state index in [1.165, 1.54) is 16.3 Å². The van der Waals surface area contributed by atoms with Gasteiger partial charge < -0.3 is 13.4 Å². The smallest absolute Gasteiger partial charge is 0.167 e. The zero-order valence-corrected chi connectivity index (χ0v) is 32.6. The van der Waals surface area contributed by atoms with E-state index in [0.29, 0.717) is 23.1 Å². The summed E-state index contributed by atoms with van der Waals surface area (Å²) in [7, 11) is 0. The van der Waals surface area contributed by atoms with Gasteiger partial charge in [-0.05, 0) is 76.5 Å². The number of fused-ring (bicyclic) bond motifs is 10. The molecule has 6 nitrogen and oxygen atoms in total. The minimum absolute atomic E-state index is 0.515. The van der Waals surface area contributed by atoms with E-state index in [9.17, 15) is 0 Å². The molecule has 0 fully saturated rings. The third-order valence-electron chi connectivity index (χ3n) is 12.1. The van der Waals surface area contributed by atoms with Crippen LogP contribution in [0.25, 0.3) is 127 Å². The Morgan fingerprint density at radius 1 is 0.344 bits per heavy atom. The first-order chi connectivity index (χ1) is 30.2. The molecule has 0 aliphatic rings. The number of furan rings is 2. The lowest BCUT2D eigenvalue weighted by Gasteiger charge is -2.10. The van der Waals surface area contributed by atoms with Gasteiger partial charge in [-0.3, -0.25) is 0 Å². The highest BCUT2D eigenvalue weighted by Crippen LogP contribution is 2.43. The number of hydrogen-bond donors (Lipinski definition) is 0. The van der Waals surface area contributed by atoms with Gasteiger partial charge in [0.05, 0.1) is 22.2 Å². The number of benzene rings is 9. The highest BCUT2D eigenvalue weighted by Gasteiger charge is 2.22. The van der Waals surface area contributed by atoms with E-state index in [1.54, 1.807) is 0 Å². The molecule has 0 amide bonds. The van der Waals surface area contributed by atoms with Crippen molar-refractivity contribution in [2.45, 2.75) is 0 Å². The van der Waals surface area contributed by atoms with Crippen LogP contribution in [0.4, 0.5) is 0 Å². The average Bonchev–Trinajstić information content (AvgIpc) is 4.01. The molecule has 0 atom stereocenters. The monoisotopic (exact) mass is 780 g/mol. The predicted octanol–water partition coefficient (Wildman–Crippen LogP) is 14.6. The zero-order valence-electron chi connectivity index (χ0n) is 32.6. The summed E-state index contributed by atoms with van der Waals surface area (Å²) in [6.07, 6.45) is 0. The van der Waals surface area contributed by atoms with E-state index in [1.807, 2.05) is 42.5 Å². The quantitative estimate of drug-likeness (QED) is 0.174. The largest absolute Gasteiger partial charge is 0.455 e. The summed E-state index contributed by atoms with van der Waals surface area (Å²) in [6, 6.07) is 67.5. The second-order valence-electron chi connectivity index (χ2n) is 15.5. The second-order valence-corrected chi connectivity index (χ2v) is 15.5. The summed E-state index contributed by atoms with van der Waals surface area (Å²) in [6.45, 7) is 0. The molecule has 0 N–H and O–H groups in total. The molecule has 4 heterocycles. The van der Waals surface area contributed by atoms with Crippen LogP contribution in [0.5, 0.6) is 0 Å². The van der Waals surface area contributed by atoms with Crippen LogP contribution < -0.4 is 0 Å². The first-order valence-electron chi connectivity index (χ1n) is 20.4. The maximum absolute atomic E-state index is 6.86. The molecule has 13 aromatic rings. The van der Waals surface area contributed by atoms with Gasteiger partial charge in [0.1, 0.15) is 22.3 Å². The maximum Gasteiger partial charge on any atom is 0.167 e.